The molecule has 2 nitrogen and oxygen atoms in total. The molecule has 1 unspecified atom stereocenters. The van der Waals surface area contributed by atoms with Crippen LogP contribution in [0.5, 0.6) is 0 Å². The third kappa shape index (κ3) is 2.26. The lowest BCUT2D eigenvalue weighted by molar-refractivity contribution is 0.0769. The van der Waals surface area contributed by atoms with Crippen LogP contribution in [0.15, 0.2) is 0 Å². The Bertz CT molecular complexity index is 201. The van der Waals surface area contributed by atoms with Gasteiger partial charge in [0.15, 0.2) is 0 Å². The van der Waals surface area contributed by atoms with E-state index in [0.717, 1.165) is 19.0 Å². The van der Waals surface area contributed by atoms with Crippen LogP contribution in [0.2, 0.25) is 0 Å². The first kappa shape index (κ1) is 10.4. The molecular formula is C11H21FN2. The maximum atomic E-state index is 12.4. The first-order valence-corrected chi connectivity index (χ1v) is 5.67. The van der Waals surface area contributed by atoms with Crippen LogP contribution in [0.25, 0.3) is 0 Å². The van der Waals surface area contributed by atoms with Crippen LogP contribution < -0.4 is 5.32 Å². The molecule has 0 radical (unpaired) electrons. The van der Waals surface area contributed by atoms with Gasteiger partial charge in [0.2, 0.25) is 0 Å². The van der Waals surface area contributed by atoms with Gasteiger partial charge in [-0.1, -0.05) is 0 Å². The Balaban J connectivity index is 1.96. The molecule has 1 atom stereocenters. The van der Waals surface area contributed by atoms with E-state index in [2.05, 4.69) is 24.1 Å². The van der Waals surface area contributed by atoms with Crippen LogP contribution in [0.1, 0.15) is 26.7 Å². The average molecular weight is 200 g/mol. The minimum absolute atomic E-state index is 0.153. The lowest BCUT2D eigenvalue weighted by Gasteiger charge is -2.44. The summed E-state index contributed by atoms with van der Waals surface area (Å²) < 4.78 is 12.4. The monoisotopic (exact) mass is 200 g/mol. The highest BCUT2D eigenvalue weighted by Crippen LogP contribution is 2.36. The van der Waals surface area contributed by atoms with Gasteiger partial charge < -0.3 is 5.32 Å². The van der Waals surface area contributed by atoms with Gasteiger partial charge >= 0.3 is 0 Å². The quantitative estimate of drug-likeness (QED) is 0.741. The van der Waals surface area contributed by atoms with E-state index in [1.807, 2.05) is 0 Å². The van der Waals surface area contributed by atoms with Crippen molar-refractivity contribution in [2.75, 3.05) is 26.3 Å². The minimum atomic E-state index is -0.209. The largest absolute Gasteiger partial charge is 0.309 e. The molecule has 1 aliphatic carbocycles. The zero-order valence-corrected chi connectivity index (χ0v) is 9.22. The van der Waals surface area contributed by atoms with Gasteiger partial charge in [-0.05, 0) is 32.6 Å². The number of nitrogens with one attached hydrogen (secondary N) is 1. The van der Waals surface area contributed by atoms with Gasteiger partial charge in [0.05, 0.1) is 0 Å². The summed E-state index contributed by atoms with van der Waals surface area (Å²) in [6, 6.07) is 0.596. The molecule has 2 rings (SSSR count). The summed E-state index contributed by atoms with van der Waals surface area (Å²) in [5.74, 6) is 0.838. The standard InChI is InChI=1S/C11H21FN2/c1-11(2)8-14(6-5-12)10(7-13-11)9-3-4-9/h9-10,13H,3-8H2,1-2H3. The maximum absolute atomic E-state index is 12.4. The summed E-state index contributed by atoms with van der Waals surface area (Å²) in [6.45, 7) is 6.82. The highest BCUT2D eigenvalue weighted by atomic mass is 19.1. The van der Waals surface area contributed by atoms with Crippen molar-refractivity contribution >= 4 is 0 Å². The van der Waals surface area contributed by atoms with Crippen LogP contribution >= 0.6 is 0 Å². The molecular weight excluding hydrogens is 179 g/mol. The van der Waals surface area contributed by atoms with Crippen molar-refractivity contribution in [3.8, 4) is 0 Å². The molecule has 0 spiro atoms. The molecule has 1 aliphatic heterocycles. The zero-order valence-electron chi connectivity index (χ0n) is 9.22. The Morgan fingerprint density at radius 1 is 1.43 bits per heavy atom. The van der Waals surface area contributed by atoms with Crippen molar-refractivity contribution in [1.29, 1.82) is 0 Å². The molecule has 0 amide bonds. The Labute approximate surface area is 85.9 Å². The first-order valence-electron chi connectivity index (χ1n) is 5.67. The molecule has 2 aliphatic rings. The molecule has 2 fully saturated rings. The van der Waals surface area contributed by atoms with E-state index >= 15 is 0 Å². The molecule has 1 saturated carbocycles. The third-order valence-corrected chi connectivity index (χ3v) is 3.40. The Morgan fingerprint density at radius 3 is 2.71 bits per heavy atom. The van der Waals surface area contributed by atoms with Crippen molar-refractivity contribution < 1.29 is 4.39 Å². The highest BCUT2D eigenvalue weighted by Gasteiger charge is 2.40. The number of nitrogens with zero attached hydrogens (tertiary/aromatic N) is 1. The number of piperazine rings is 1. The van der Waals surface area contributed by atoms with E-state index in [0.29, 0.717) is 12.6 Å². The van der Waals surface area contributed by atoms with E-state index in [4.69, 9.17) is 0 Å². The first-order chi connectivity index (χ1) is 6.62. The van der Waals surface area contributed by atoms with Crippen LogP contribution in [0, 0.1) is 5.92 Å². The van der Waals surface area contributed by atoms with E-state index < -0.39 is 0 Å². The predicted molar refractivity (Wildman–Crippen MR) is 56.1 cm³/mol. The average Bonchev–Trinajstić information content (AvgIpc) is 2.87. The van der Waals surface area contributed by atoms with Crippen molar-refractivity contribution in [1.82, 2.24) is 10.2 Å². The van der Waals surface area contributed by atoms with Gasteiger partial charge in [0, 0.05) is 31.2 Å². The number of hydrogen-bond donors (Lipinski definition) is 1. The summed E-state index contributed by atoms with van der Waals surface area (Å²) in [5.41, 5.74) is 0.153. The molecule has 1 N–H and O–H groups in total. The normalized spacial score (nSPS) is 33.2. The van der Waals surface area contributed by atoms with Gasteiger partial charge in [-0.15, -0.1) is 0 Å². The summed E-state index contributed by atoms with van der Waals surface area (Å²) in [5, 5.41) is 3.55. The molecule has 0 bridgehead atoms. The fourth-order valence-electron chi connectivity index (χ4n) is 2.49. The van der Waals surface area contributed by atoms with E-state index in [1.165, 1.54) is 12.8 Å². The zero-order chi connectivity index (χ0) is 10.2. The fraction of sp³-hybridized carbons (Fsp3) is 1.00. The summed E-state index contributed by atoms with van der Waals surface area (Å²) in [4.78, 5) is 2.34. The second kappa shape index (κ2) is 3.78. The van der Waals surface area contributed by atoms with Gasteiger partial charge in [-0.3, -0.25) is 4.90 Å². The second-order valence-corrected chi connectivity index (χ2v) is 5.33. The molecule has 82 valence electrons. The number of rotatable bonds is 3. The summed E-state index contributed by atoms with van der Waals surface area (Å²) >= 11 is 0. The SMILES string of the molecule is CC1(C)CN(CCF)C(C2CC2)CN1. The van der Waals surface area contributed by atoms with Gasteiger partial charge in [-0.25, -0.2) is 4.39 Å². The molecule has 3 heteroatoms. The van der Waals surface area contributed by atoms with Crippen LogP contribution in [-0.2, 0) is 0 Å². The van der Waals surface area contributed by atoms with Crippen molar-refractivity contribution in [2.24, 2.45) is 5.92 Å². The maximum Gasteiger partial charge on any atom is 0.102 e. The predicted octanol–water partition coefficient (Wildman–Crippen LogP) is 1.42. The second-order valence-electron chi connectivity index (χ2n) is 5.33. The Hall–Kier alpha value is -0.150. The third-order valence-electron chi connectivity index (χ3n) is 3.40. The van der Waals surface area contributed by atoms with E-state index in [1.54, 1.807) is 0 Å². The number of alkyl halides is 1. The molecule has 0 aromatic carbocycles. The molecule has 1 saturated heterocycles. The summed E-state index contributed by atoms with van der Waals surface area (Å²) in [7, 11) is 0. The molecule has 1 heterocycles. The molecule has 0 aromatic heterocycles. The lowest BCUT2D eigenvalue weighted by atomic mass is 9.97. The van der Waals surface area contributed by atoms with Crippen molar-refractivity contribution in [3.05, 3.63) is 0 Å². The topological polar surface area (TPSA) is 15.3 Å². The Kier molecular flexibility index (Phi) is 2.80. The van der Waals surface area contributed by atoms with Gasteiger partial charge in [-0.2, -0.15) is 0 Å². The van der Waals surface area contributed by atoms with Crippen LogP contribution in [0.4, 0.5) is 4.39 Å². The number of halogens is 1. The smallest absolute Gasteiger partial charge is 0.102 e. The van der Waals surface area contributed by atoms with E-state index in [9.17, 15) is 4.39 Å². The van der Waals surface area contributed by atoms with Crippen LogP contribution in [-0.4, -0.2) is 42.8 Å². The van der Waals surface area contributed by atoms with E-state index in [-0.39, 0.29) is 12.2 Å². The Morgan fingerprint density at radius 2 is 2.14 bits per heavy atom. The highest BCUT2D eigenvalue weighted by molar-refractivity contribution is 4.98. The van der Waals surface area contributed by atoms with Gasteiger partial charge in [0.25, 0.3) is 0 Å². The fourth-order valence-corrected chi connectivity index (χ4v) is 2.49. The minimum Gasteiger partial charge on any atom is -0.309 e. The summed E-state index contributed by atoms with van der Waals surface area (Å²) in [6.07, 6.45) is 2.69. The van der Waals surface area contributed by atoms with Crippen molar-refractivity contribution in [3.63, 3.8) is 0 Å². The molecule has 14 heavy (non-hydrogen) atoms. The van der Waals surface area contributed by atoms with Crippen molar-refractivity contribution in [2.45, 2.75) is 38.3 Å². The molecule has 0 aromatic rings. The van der Waals surface area contributed by atoms with Gasteiger partial charge in [0.1, 0.15) is 6.67 Å². The van der Waals surface area contributed by atoms with Crippen LogP contribution in [0.3, 0.4) is 0 Å². The lowest BCUT2D eigenvalue weighted by Crippen LogP contribution is -2.62. The number of hydrogen-bond acceptors (Lipinski definition) is 2.